The topological polar surface area (TPSA) is 86.6 Å². The fraction of sp³-hybridized carbons (Fsp3) is 1.00. The molecule has 0 aromatic carbocycles. The highest BCUT2D eigenvalue weighted by Gasteiger charge is 2.16. The molecule has 1 saturated carbocycles. The van der Waals surface area contributed by atoms with E-state index >= 15 is 0 Å². The molecule has 1 aliphatic rings. The van der Waals surface area contributed by atoms with Crippen LogP contribution in [0.3, 0.4) is 0 Å². The summed E-state index contributed by atoms with van der Waals surface area (Å²) in [4.78, 5) is 0. The van der Waals surface area contributed by atoms with Gasteiger partial charge in [0.15, 0.2) is 0 Å². The van der Waals surface area contributed by atoms with E-state index in [2.05, 4.69) is 5.32 Å². The van der Waals surface area contributed by atoms with Gasteiger partial charge in [0, 0.05) is 6.04 Å². The molecule has 5 nitrogen and oxygen atoms in total. The zero-order valence-corrected chi connectivity index (χ0v) is 10.2. The van der Waals surface area contributed by atoms with Crippen LogP contribution in [-0.4, -0.2) is 42.5 Å². The highest BCUT2D eigenvalue weighted by molar-refractivity contribution is 7.85. The maximum Gasteiger partial charge on any atom is 0.267 e. The van der Waals surface area contributed by atoms with Crippen LogP contribution in [0.1, 0.15) is 38.5 Å². The summed E-state index contributed by atoms with van der Waals surface area (Å²) >= 11 is 0. The first-order valence-electron chi connectivity index (χ1n) is 5.84. The Bertz CT molecular complexity index is 285. The maximum absolute atomic E-state index is 10.5. The molecule has 0 bridgehead atoms. The minimum atomic E-state index is -4.06. The Morgan fingerprint density at radius 1 is 1.25 bits per heavy atom. The predicted molar refractivity (Wildman–Crippen MR) is 61.9 cm³/mol. The Labute approximate surface area is 97.0 Å². The van der Waals surface area contributed by atoms with E-state index in [1.165, 1.54) is 19.3 Å². The average molecular weight is 251 g/mol. The number of aliphatic hydroxyl groups excluding tert-OH is 1. The molecule has 1 fully saturated rings. The van der Waals surface area contributed by atoms with Crippen molar-refractivity contribution in [1.29, 1.82) is 0 Å². The molecule has 0 saturated heterocycles. The van der Waals surface area contributed by atoms with Gasteiger partial charge in [-0.1, -0.05) is 19.3 Å². The second-order valence-corrected chi connectivity index (χ2v) is 5.98. The molecule has 1 rings (SSSR count). The third kappa shape index (κ3) is 6.42. The monoisotopic (exact) mass is 251 g/mol. The van der Waals surface area contributed by atoms with E-state index in [-0.39, 0.29) is 0 Å². The highest BCUT2D eigenvalue weighted by Crippen LogP contribution is 2.17. The van der Waals surface area contributed by atoms with Gasteiger partial charge in [0.2, 0.25) is 0 Å². The minimum Gasteiger partial charge on any atom is -0.392 e. The molecule has 0 aliphatic heterocycles. The first kappa shape index (κ1) is 13.9. The fourth-order valence-electron chi connectivity index (χ4n) is 2.09. The van der Waals surface area contributed by atoms with E-state index in [9.17, 15) is 13.5 Å². The molecule has 16 heavy (non-hydrogen) atoms. The summed E-state index contributed by atoms with van der Waals surface area (Å²) in [5.41, 5.74) is 0. The van der Waals surface area contributed by atoms with Crippen molar-refractivity contribution in [1.82, 2.24) is 5.32 Å². The fourth-order valence-corrected chi connectivity index (χ4v) is 2.74. The van der Waals surface area contributed by atoms with Crippen LogP contribution in [0.4, 0.5) is 0 Å². The molecule has 0 heterocycles. The predicted octanol–water partition coefficient (Wildman–Crippen LogP) is 0.547. The maximum atomic E-state index is 10.5. The average Bonchev–Trinajstić information content (AvgIpc) is 2.16. The molecule has 1 aliphatic carbocycles. The zero-order chi connectivity index (χ0) is 12.0. The van der Waals surface area contributed by atoms with Gasteiger partial charge < -0.3 is 10.4 Å². The summed E-state index contributed by atoms with van der Waals surface area (Å²) in [5, 5.41) is 12.6. The van der Waals surface area contributed by atoms with Crippen molar-refractivity contribution in [2.24, 2.45) is 0 Å². The molecular formula is C10H21NO4S. The number of aliphatic hydroxyl groups is 1. The van der Waals surface area contributed by atoms with E-state index in [0.717, 1.165) is 12.8 Å². The van der Waals surface area contributed by atoms with Crippen molar-refractivity contribution >= 4 is 10.1 Å². The lowest BCUT2D eigenvalue weighted by molar-refractivity contribution is 0.181. The second kappa shape index (κ2) is 6.54. The normalized spacial score (nSPS) is 20.9. The van der Waals surface area contributed by atoms with Gasteiger partial charge in [-0.2, -0.15) is 8.42 Å². The van der Waals surface area contributed by atoms with Gasteiger partial charge in [0.25, 0.3) is 10.1 Å². The largest absolute Gasteiger partial charge is 0.392 e. The Kier molecular flexibility index (Phi) is 5.68. The summed E-state index contributed by atoms with van der Waals surface area (Å²) in [5.74, 6) is -0.570. The summed E-state index contributed by atoms with van der Waals surface area (Å²) in [6.07, 6.45) is 5.48. The lowest BCUT2D eigenvalue weighted by Crippen LogP contribution is -2.34. The van der Waals surface area contributed by atoms with Crippen LogP contribution in [-0.2, 0) is 10.1 Å². The Hall–Kier alpha value is -0.170. The number of hydrogen-bond acceptors (Lipinski definition) is 4. The van der Waals surface area contributed by atoms with Gasteiger partial charge >= 0.3 is 0 Å². The molecule has 6 heteroatoms. The van der Waals surface area contributed by atoms with Crippen LogP contribution in [0.2, 0.25) is 0 Å². The Morgan fingerprint density at radius 2 is 1.88 bits per heavy atom. The molecule has 1 atom stereocenters. The molecule has 0 aromatic heterocycles. The van der Waals surface area contributed by atoms with Crippen molar-refractivity contribution in [3.05, 3.63) is 0 Å². The van der Waals surface area contributed by atoms with Crippen LogP contribution < -0.4 is 5.32 Å². The van der Waals surface area contributed by atoms with E-state index < -0.39 is 22.0 Å². The summed E-state index contributed by atoms with van der Waals surface area (Å²) in [6.45, 7) is 0.599. The first-order chi connectivity index (χ1) is 7.47. The second-order valence-electron chi connectivity index (χ2n) is 4.48. The summed E-state index contributed by atoms with van der Waals surface area (Å²) in [7, 11) is -4.06. The Morgan fingerprint density at radius 3 is 2.44 bits per heavy atom. The Balaban J connectivity index is 2.10. The molecule has 0 amide bonds. The number of hydrogen-bond donors (Lipinski definition) is 3. The van der Waals surface area contributed by atoms with Crippen LogP contribution in [0.5, 0.6) is 0 Å². The zero-order valence-electron chi connectivity index (χ0n) is 9.43. The molecule has 3 N–H and O–H groups in total. The molecule has 0 spiro atoms. The van der Waals surface area contributed by atoms with Gasteiger partial charge in [-0.05, 0) is 25.8 Å². The van der Waals surface area contributed by atoms with E-state index in [4.69, 9.17) is 4.55 Å². The van der Waals surface area contributed by atoms with Crippen molar-refractivity contribution in [2.75, 3.05) is 12.3 Å². The standard InChI is InChI=1S/C10H21NO4S/c12-10(8-16(13,14)15)6-7-11-9-4-2-1-3-5-9/h9-12H,1-8H2,(H,13,14,15). The first-order valence-corrected chi connectivity index (χ1v) is 7.45. The van der Waals surface area contributed by atoms with Crippen molar-refractivity contribution in [2.45, 2.75) is 50.7 Å². The molecule has 0 aromatic rings. The number of rotatable bonds is 6. The quantitative estimate of drug-likeness (QED) is 0.600. The summed E-state index contributed by atoms with van der Waals surface area (Å²) in [6, 6.07) is 0.506. The van der Waals surface area contributed by atoms with Gasteiger partial charge in [0.1, 0.15) is 5.75 Å². The third-order valence-corrected chi connectivity index (χ3v) is 3.72. The molecule has 96 valence electrons. The smallest absolute Gasteiger partial charge is 0.267 e. The molecule has 1 unspecified atom stereocenters. The van der Waals surface area contributed by atoms with Gasteiger partial charge in [-0.25, -0.2) is 0 Å². The van der Waals surface area contributed by atoms with E-state index in [0.29, 0.717) is 19.0 Å². The number of nitrogens with one attached hydrogen (secondary N) is 1. The van der Waals surface area contributed by atoms with Crippen LogP contribution in [0.15, 0.2) is 0 Å². The highest BCUT2D eigenvalue weighted by atomic mass is 32.2. The minimum absolute atomic E-state index is 0.357. The van der Waals surface area contributed by atoms with Gasteiger partial charge in [-0.15, -0.1) is 0 Å². The van der Waals surface area contributed by atoms with Crippen LogP contribution >= 0.6 is 0 Å². The van der Waals surface area contributed by atoms with Crippen LogP contribution in [0, 0.1) is 0 Å². The van der Waals surface area contributed by atoms with Gasteiger partial charge in [0.05, 0.1) is 6.10 Å². The lowest BCUT2D eigenvalue weighted by atomic mass is 9.95. The SMILES string of the molecule is O=S(=O)(O)CC(O)CCNC1CCCCC1. The molecule has 0 radical (unpaired) electrons. The van der Waals surface area contributed by atoms with Crippen molar-refractivity contribution < 1.29 is 18.1 Å². The van der Waals surface area contributed by atoms with Gasteiger partial charge in [-0.3, -0.25) is 4.55 Å². The van der Waals surface area contributed by atoms with Crippen molar-refractivity contribution in [3.63, 3.8) is 0 Å². The molecular weight excluding hydrogens is 230 g/mol. The van der Waals surface area contributed by atoms with Crippen molar-refractivity contribution in [3.8, 4) is 0 Å². The lowest BCUT2D eigenvalue weighted by Gasteiger charge is -2.23. The van der Waals surface area contributed by atoms with E-state index in [1.54, 1.807) is 0 Å². The third-order valence-electron chi connectivity index (χ3n) is 2.92. The van der Waals surface area contributed by atoms with E-state index in [1.807, 2.05) is 0 Å². The van der Waals surface area contributed by atoms with Crippen LogP contribution in [0.25, 0.3) is 0 Å². The summed E-state index contributed by atoms with van der Waals surface area (Å²) < 4.78 is 29.5.